The molecule has 0 radical (unpaired) electrons. The molecular formula is C21H25NO5S. The molecule has 0 atom stereocenters. The van der Waals surface area contributed by atoms with Crippen LogP contribution in [0, 0.1) is 6.92 Å². The second-order valence-corrected chi connectivity index (χ2v) is 9.03. The zero-order chi connectivity index (χ0) is 20.3. The van der Waals surface area contributed by atoms with Gasteiger partial charge in [-0.1, -0.05) is 17.7 Å². The number of carbonyl (C=O) groups is 1. The van der Waals surface area contributed by atoms with Crippen LogP contribution in [0.2, 0.25) is 0 Å². The van der Waals surface area contributed by atoms with Crippen molar-refractivity contribution < 1.29 is 22.7 Å². The number of carbonyl (C=O) groups excluding carboxylic acids is 1. The van der Waals surface area contributed by atoms with Crippen molar-refractivity contribution in [3.63, 3.8) is 0 Å². The molecule has 0 aliphatic carbocycles. The van der Waals surface area contributed by atoms with Gasteiger partial charge in [-0.25, -0.2) is 8.42 Å². The Morgan fingerprint density at radius 2 is 1.64 bits per heavy atom. The van der Waals surface area contributed by atoms with Gasteiger partial charge < -0.3 is 14.4 Å². The molecule has 0 aromatic heterocycles. The molecule has 1 amide bonds. The highest BCUT2D eigenvalue weighted by atomic mass is 32.2. The summed E-state index contributed by atoms with van der Waals surface area (Å²) in [6.45, 7) is 2.91. The number of amides is 1. The topological polar surface area (TPSA) is 72.9 Å². The van der Waals surface area contributed by atoms with Crippen molar-refractivity contribution in [2.45, 2.75) is 31.2 Å². The molecule has 6 nitrogen and oxygen atoms in total. The monoisotopic (exact) mass is 403 g/mol. The highest BCUT2D eigenvalue weighted by Gasteiger charge is 2.24. The fourth-order valence-corrected chi connectivity index (χ4v) is 4.57. The number of rotatable bonds is 6. The van der Waals surface area contributed by atoms with Gasteiger partial charge in [0, 0.05) is 19.5 Å². The Morgan fingerprint density at radius 1 is 1.04 bits per heavy atom. The second-order valence-electron chi connectivity index (χ2n) is 6.92. The first-order valence-corrected chi connectivity index (χ1v) is 10.8. The number of sulfone groups is 1. The zero-order valence-corrected chi connectivity index (χ0v) is 17.2. The Bertz CT molecular complexity index is 967. The van der Waals surface area contributed by atoms with Gasteiger partial charge in [-0.2, -0.15) is 0 Å². The van der Waals surface area contributed by atoms with Crippen LogP contribution in [0.1, 0.15) is 23.1 Å². The maximum Gasteiger partial charge on any atom is 0.223 e. The summed E-state index contributed by atoms with van der Waals surface area (Å²) in [5.41, 5.74) is 3.11. The third-order valence-electron chi connectivity index (χ3n) is 5.04. The van der Waals surface area contributed by atoms with Crippen molar-refractivity contribution >= 4 is 15.7 Å². The molecular weight excluding hydrogens is 378 g/mol. The SMILES string of the molecule is COc1cc2c(cc1OC)CN(C(=O)CCS(=O)(=O)c1ccc(C)cc1)CC2. The van der Waals surface area contributed by atoms with Crippen LogP contribution in [0.3, 0.4) is 0 Å². The molecule has 1 aliphatic rings. The summed E-state index contributed by atoms with van der Waals surface area (Å²) < 4.78 is 35.6. The number of hydrogen-bond acceptors (Lipinski definition) is 5. The van der Waals surface area contributed by atoms with Crippen molar-refractivity contribution in [1.29, 1.82) is 0 Å². The molecule has 2 aromatic rings. The van der Waals surface area contributed by atoms with Crippen LogP contribution in [0.25, 0.3) is 0 Å². The van der Waals surface area contributed by atoms with Gasteiger partial charge >= 0.3 is 0 Å². The Kier molecular flexibility index (Phi) is 5.93. The lowest BCUT2D eigenvalue weighted by molar-refractivity contribution is -0.131. The molecule has 0 spiro atoms. The van der Waals surface area contributed by atoms with E-state index in [1.54, 1.807) is 43.4 Å². The third kappa shape index (κ3) is 4.30. The van der Waals surface area contributed by atoms with Gasteiger partial charge in [0.25, 0.3) is 0 Å². The highest BCUT2D eigenvalue weighted by Crippen LogP contribution is 2.33. The Morgan fingerprint density at radius 3 is 2.25 bits per heavy atom. The van der Waals surface area contributed by atoms with Crippen molar-refractivity contribution in [2.75, 3.05) is 26.5 Å². The van der Waals surface area contributed by atoms with Gasteiger partial charge in [-0.15, -0.1) is 0 Å². The van der Waals surface area contributed by atoms with Crippen LogP contribution in [0.5, 0.6) is 11.5 Å². The molecule has 7 heteroatoms. The van der Waals surface area contributed by atoms with E-state index in [-0.39, 0.29) is 23.0 Å². The molecule has 0 saturated carbocycles. The van der Waals surface area contributed by atoms with Crippen molar-refractivity contribution in [3.05, 3.63) is 53.1 Å². The lowest BCUT2D eigenvalue weighted by atomic mass is 9.98. The number of nitrogens with zero attached hydrogens (tertiary/aromatic N) is 1. The van der Waals surface area contributed by atoms with E-state index >= 15 is 0 Å². The molecule has 2 aromatic carbocycles. The van der Waals surface area contributed by atoms with E-state index in [4.69, 9.17) is 9.47 Å². The van der Waals surface area contributed by atoms with Gasteiger partial charge in [0.05, 0.1) is 24.9 Å². The van der Waals surface area contributed by atoms with E-state index in [0.717, 1.165) is 16.7 Å². The van der Waals surface area contributed by atoms with Crippen molar-refractivity contribution in [3.8, 4) is 11.5 Å². The van der Waals surface area contributed by atoms with Crippen LogP contribution >= 0.6 is 0 Å². The zero-order valence-electron chi connectivity index (χ0n) is 16.4. The summed E-state index contributed by atoms with van der Waals surface area (Å²) in [5, 5.41) is 0. The normalized spacial score (nSPS) is 13.8. The predicted octanol–water partition coefficient (Wildman–Crippen LogP) is 2.76. The Balaban J connectivity index is 1.67. The fraction of sp³-hybridized carbons (Fsp3) is 0.381. The van der Waals surface area contributed by atoms with E-state index in [2.05, 4.69) is 0 Å². The van der Waals surface area contributed by atoms with Gasteiger partial charge in [-0.3, -0.25) is 4.79 Å². The minimum absolute atomic E-state index is 0.0289. The number of benzene rings is 2. The fourth-order valence-electron chi connectivity index (χ4n) is 3.34. The number of methoxy groups -OCH3 is 2. The Labute approximate surface area is 166 Å². The largest absolute Gasteiger partial charge is 0.493 e. The molecule has 0 bridgehead atoms. The summed E-state index contributed by atoms with van der Waals surface area (Å²) in [6, 6.07) is 10.5. The van der Waals surface area contributed by atoms with E-state index in [1.807, 2.05) is 19.1 Å². The van der Waals surface area contributed by atoms with E-state index < -0.39 is 9.84 Å². The standard InChI is InChI=1S/C21H25NO5S/c1-15-4-6-18(7-5-15)28(24,25)11-9-21(23)22-10-8-16-12-19(26-2)20(27-3)13-17(16)14-22/h4-7,12-13H,8-11,14H2,1-3H3. The van der Waals surface area contributed by atoms with Crippen LogP contribution in [-0.2, 0) is 27.6 Å². The third-order valence-corrected chi connectivity index (χ3v) is 6.77. The van der Waals surface area contributed by atoms with Crippen molar-refractivity contribution in [1.82, 2.24) is 4.90 Å². The first-order chi connectivity index (χ1) is 13.3. The first-order valence-electron chi connectivity index (χ1n) is 9.15. The van der Waals surface area contributed by atoms with E-state index in [9.17, 15) is 13.2 Å². The quantitative estimate of drug-likeness (QED) is 0.742. The van der Waals surface area contributed by atoms with Gasteiger partial charge in [0.2, 0.25) is 5.91 Å². The van der Waals surface area contributed by atoms with Crippen LogP contribution in [-0.4, -0.2) is 45.7 Å². The Hall–Kier alpha value is -2.54. The van der Waals surface area contributed by atoms with E-state index in [1.165, 1.54) is 0 Å². The molecule has 1 aliphatic heterocycles. The smallest absolute Gasteiger partial charge is 0.223 e. The molecule has 0 fully saturated rings. The minimum atomic E-state index is -3.47. The molecule has 0 saturated heterocycles. The maximum atomic E-state index is 12.6. The first kappa shape index (κ1) is 20.2. The van der Waals surface area contributed by atoms with Crippen LogP contribution in [0.4, 0.5) is 0 Å². The van der Waals surface area contributed by atoms with Crippen LogP contribution < -0.4 is 9.47 Å². The molecule has 1 heterocycles. The molecule has 3 rings (SSSR count). The number of fused-ring (bicyclic) bond motifs is 1. The highest BCUT2D eigenvalue weighted by molar-refractivity contribution is 7.91. The maximum absolute atomic E-state index is 12.6. The van der Waals surface area contributed by atoms with Gasteiger partial charge in [-0.05, 0) is 48.7 Å². The summed E-state index contributed by atoms with van der Waals surface area (Å²) in [7, 11) is -0.305. The average molecular weight is 404 g/mol. The van der Waals surface area contributed by atoms with Crippen LogP contribution in [0.15, 0.2) is 41.3 Å². The lowest BCUT2D eigenvalue weighted by Crippen LogP contribution is -2.36. The summed E-state index contributed by atoms with van der Waals surface area (Å²) in [4.78, 5) is 14.6. The lowest BCUT2D eigenvalue weighted by Gasteiger charge is -2.29. The van der Waals surface area contributed by atoms with Crippen molar-refractivity contribution in [2.24, 2.45) is 0 Å². The predicted molar refractivity (Wildman–Crippen MR) is 107 cm³/mol. The summed E-state index contributed by atoms with van der Waals surface area (Å²) in [5.74, 6) is 0.948. The van der Waals surface area contributed by atoms with Gasteiger partial charge in [0.15, 0.2) is 21.3 Å². The average Bonchev–Trinajstić information content (AvgIpc) is 2.70. The summed E-state index contributed by atoms with van der Waals surface area (Å²) in [6.07, 6.45) is 0.672. The van der Waals surface area contributed by atoms with E-state index in [0.29, 0.717) is 31.0 Å². The summed E-state index contributed by atoms with van der Waals surface area (Å²) >= 11 is 0. The molecule has 0 N–H and O–H groups in total. The molecule has 0 unspecified atom stereocenters. The van der Waals surface area contributed by atoms with Gasteiger partial charge in [0.1, 0.15) is 0 Å². The molecule has 150 valence electrons. The second kappa shape index (κ2) is 8.22. The number of hydrogen-bond donors (Lipinski definition) is 0. The number of aryl methyl sites for hydroxylation is 1. The minimum Gasteiger partial charge on any atom is -0.493 e. The number of ether oxygens (including phenoxy) is 2. The molecule has 28 heavy (non-hydrogen) atoms.